The number of anilines is 1. The summed E-state index contributed by atoms with van der Waals surface area (Å²) in [5.74, 6) is -0.242. The highest BCUT2D eigenvalue weighted by molar-refractivity contribution is 7.18. The fourth-order valence-electron chi connectivity index (χ4n) is 3.28. The van der Waals surface area contributed by atoms with Crippen molar-refractivity contribution in [2.45, 2.75) is 40.7 Å². The Bertz CT molecular complexity index is 1130. The van der Waals surface area contributed by atoms with Crippen molar-refractivity contribution in [3.8, 4) is 6.07 Å². The molecule has 3 rings (SSSR count). The number of fused-ring (bicyclic) bond motifs is 1. The fourth-order valence-corrected chi connectivity index (χ4v) is 4.27. The second-order valence-electron chi connectivity index (χ2n) is 6.94. The van der Waals surface area contributed by atoms with Crippen LogP contribution < -0.4 is 10.5 Å². The number of hydrogen-bond acceptors (Lipinski definition) is 5. The standard InChI is InChI=1S/C21H22N4O2S/c1-13-8-14(2)10-17(9-13)25(7-5-6-22)18(26)11-24-12-23-20-19(21(24)27)15(3)16(4)28-20/h8-10,12H,5,7,11H2,1-4H3. The van der Waals surface area contributed by atoms with Gasteiger partial charge in [-0.3, -0.25) is 14.2 Å². The maximum Gasteiger partial charge on any atom is 0.262 e. The smallest absolute Gasteiger partial charge is 0.262 e. The quantitative estimate of drug-likeness (QED) is 0.662. The number of thiophene rings is 1. The molecule has 0 atom stereocenters. The number of aromatic nitrogens is 2. The van der Waals surface area contributed by atoms with E-state index in [9.17, 15) is 9.59 Å². The molecule has 2 heterocycles. The SMILES string of the molecule is Cc1cc(C)cc(N(CCC#N)C(=O)Cn2cnc3sc(C)c(C)c3c2=O)c1. The van der Waals surface area contributed by atoms with Gasteiger partial charge in [0.15, 0.2) is 0 Å². The second-order valence-corrected chi connectivity index (χ2v) is 8.14. The van der Waals surface area contributed by atoms with Crippen molar-refractivity contribution >= 4 is 33.1 Å². The van der Waals surface area contributed by atoms with E-state index in [0.29, 0.717) is 10.2 Å². The van der Waals surface area contributed by atoms with Crippen molar-refractivity contribution in [1.29, 1.82) is 5.26 Å². The number of hydrogen-bond donors (Lipinski definition) is 0. The van der Waals surface area contributed by atoms with Crippen molar-refractivity contribution < 1.29 is 4.79 Å². The first-order chi connectivity index (χ1) is 13.3. The minimum absolute atomic E-state index is 0.117. The maximum atomic E-state index is 13.1. The van der Waals surface area contributed by atoms with Crippen LogP contribution in [0.4, 0.5) is 5.69 Å². The monoisotopic (exact) mass is 394 g/mol. The summed E-state index contributed by atoms with van der Waals surface area (Å²) in [6.07, 6.45) is 1.65. The van der Waals surface area contributed by atoms with E-state index in [1.54, 1.807) is 4.90 Å². The van der Waals surface area contributed by atoms with Crippen molar-refractivity contribution in [1.82, 2.24) is 9.55 Å². The number of amides is 1. The van der Waals surface area contributed by atoms with Crippen LogP contribution in [-0.4, -0.2) is 22.0 Å². The molecule has 0 saturated heterocycles. The third kappa shape index (κ3) is 3.82. The van der Waals surface area contributed by atoms with Gasteiger partial charge in [0.1, 0.15) is 11.4 Å². The molecular formula is C21H22N4O2S. The minimum atomic E-state index is -0.242. The zero-order valence-corrected chi connectivity index (χ0v) is 17.3. The molecule has 0 aliphatic rings. The number of carbonyl (C=O) groups is 1. The van der Waals surface area contributed by atoms with Crippen LogP contribution in [0.2, 0.25) is 0 Å². The zero-order chi connectivity index (χ0) is 20.4. The lowest BCUT2D eigenvalue weighted by atomic mass is 10.1. The van der Waals surface area contributed by atoms with E-state index in [0.717, 1.165) is 27.3 Å². The molecule has 0 fully saturated rings. The van der Waals surface area contributed by atoms with E-state index in [-0.39, 0.29) is 31.0 Å². The van der Waals surface area contributed by atoms with E-state index < -0.39 is 0 Å². The van der Waals surface area contributed by atoms with Gasteiger partial charge in [-0.15, -0.1) is 11.3 Å². The van der Waals surface area contributed by atoms with Crippen molar-refractivity contribution in [3.63, 3.8) is 0 Å². The molecule has 0 bridgehead atoms. The molecule has 0 N–H and O–H groups in total. The minimum Gasteiger partial charge on any atom is -0.310 e. The first kappa shape index (κ1) is 19.8. The summed E-state index contributed by atoms with van der Waals surface area (Å²) in [5.41, 5.74) is 3.52. The lowest BCUT2D eigenvalue weighted by molar-refractivity contribution is -0.119. The second kappa shape index (κ2) is 7.95. The highest BCUT2D eigenvalue weighted by Gasteiger charge is 2.19. The number of carbonyl (C=O) groups excluding carboxylic acids is 1. The predicted molar refractivity (Wildman–Crippen MR) is 112 cm³/mol. The van der Waals surface area contributed by atoms with Crippen molar-refractivity contribution in [3.05, 3.63) is 56.4 Å². The van der Waals surface area contributed by atoms with Gasteiger partial charge >= 0.3 is 0 Å². The van der Waals surface area contributed by atoms with E-state index in [1.165, 1.54) is 22.2 Å². The molecule has 1 aromatic carbocycles. The van der Waals surface area contributed by atoms with Gasteiger partial charge in [0, 0.05) is 17.1 Å². The molecule has 0 radical (unpaired) electrons. The Labute approximate surface area is 167 Å². The van der Waals surface area contributed by atoms with Crippen LogP contribution in [0.15, 0.2) is 29.3 Å². The van der Waals surface area contributed by atoms with Crippen molar-refractivity contribution in [2.75, 3.05) is 11.4 Å². The summed E-state index contributed by atoms with van der Waals surface area (Å²) in [6, 6.07) is 7.95. The Kier molecular flexibility index (Phi) is 5.61. The van der Waals surface area contributed by atoms with Crippen LogP contribution in [0, 0.1) is 39.0 Å². The third-order valence-electron chi connectivity index (χ3n) is 4.73. The first-order valence-electron chi connectivity index (χ1n) is 9.02. The van der Waals surface area contributed by atoms with Crippen LogP contribution in [0.3, 0.4) is 0 Å². The van der Waals surface area contributed by atoms with Crippen LogP contribution >= 0.6 is 11.3 Å². The van der Waals surface area contributed by atoms with E-state index in [2.05, 4.69) is 11.1 Å². The maximum absolute atomic E-state index is 13.1. The molecule has 0 saturated carbocycles. The predicted octanol–water partition coefficient (Wildman–Crippen LogP) is 3.64. The molecule has 2 aromatic heterocycles. The largest absolute Gasteiger partial charge is 0.310 e. The highest BCUT2D eigenvalue weighted by Crippen LogP contribution is 2.25. The molecule has 3 aromatic rings. The summed E-state index contributed by atoms with van der Waals surface area (Å²) in [4.78, 5) is 33.6. The summed E-state index contributed by atoms with van der Waals surface area (Å²) in [6.45, 7) is 7.95. The highest BCUT2D eigenvalue weighted by atomic mass is 32.1. The number of aryl methyl sites for hydroxylation is 4. The summed E-state index contributed by atoms with van der Waals surface area (Å²) in [5, 5.41) is 9.56. The average molecular weight is 395 g/mol. The topological polar surface area (TPSA) is 79.0 Å². The summed E-state index contributed by atoms with van der Waals surface area (Å²) in [7, 11) is 0. The van der Waals surface area contributed by atoms with Crippen LogP contribution in [-0.2, 0) is 11.3 Å². The average Bonchev–Trinajstić information content (AvgIpc) is 2.92. The number of nitriles is 1. The lowest BCUT2D eigenvalue weighted by Crippen LogP contribution is -2.37. The molecular weight excluding hydrogens is 372 g/mol. The molecule has 1 amide bonds. The molecule has 0 aliphatic carbocycles. The van der Waals surface area contributed by atoms with E-state index >= 15 is 0 Å². The van der Waals surface area contributed by atoms with Crippen LogP contribution in [0.1, 0.15) is 28.0 Å². The van der Waals surface area contributed by atoms with Crippen LogP contribution in [0.25, 0.3) is 10.2 Å². The van der Waals surface area contributed by atoms with Gasteiger partial charge in [-0.25, -0.2) is 4.98 Å². The van der Waals surface area contributed by atoms with Crippen LogP contribution in [0.5, 0.6) is 0 Å². The van der Waals surface area contributed by atoms with Gasteiger partial charge in [0.05, 0.1) is 24.2 Å². The molecule has 6 nitrogen and oxygen atoms in total. The summed E-state index contributed by atoms with van der Waals surface area (Å²) >= 11 is 1.48. The molecule has 7 heteroatoms. The Morgan fingerprint density at radius 2 is 1.89 bits per heavy atom. The fraction of sp³-hybridized carbons (Fsp3) is 0.333. The molecule has 0 unspecified atom stereocenters. The van der Waals surface area contributed by atoms with Gasteiger partial charge in [-0.1, -0.05) is 6.07 Å². The number of benzene rings is 1. The lowest BCUT2D eigenvalue weighted by Gasteiger charge is -2.23. The molecule has 0 spiro atoms. The van der Waals surface area contributed by atoms with Crippen molar-refractivity contribution in [2.24, 2.45) is 0 Å². The summed E-state index contributed by atoms with van der Waals surface area (Å²) < 4.78 is 1.35. The zero-order valence-electron chi connectivity index (χ0n) is 16.4. The number of rotatable bonds is 5. The Morgan fingerprint density at radius 1 is 1.21 bits per heavy atom. The molecule has 28 heavy (non-hydrogen) atoms. The van der Waals surface area contributed by atoms with Gasteiger partial charge in [-0.05, 0) is 56.5 Å². The van der Waals surface area contributed by atoms with Gasteiger partial charge < -0.3 is 4.90 Å². The van der Waals surface area contributed by atoms with E-state index in [4.69, 9.17) is 5.26 Å². The number of nitrogens with zero attached hydrogens (tertiary/aromatic N) is 4. The third-order valence-corrected chi connectivity index (χ3v) is 5.84. The normalized spacial score (nSPS) is 10.8. The van der Waals surface area contributed by atoms with Gasteiger partial charge in [0.2, 0.25) is 5.91 Å². The first-order valence-corrected chi connectivity index (χ1v) is 9.84. The molecule has 144 valence electrons. The van der Waals surface area contributed by atoms with Gasteiger partial charge in [0.25, 0.3) is 5.56 Å². The Morgan fingerprint density at radius 3 is 2.54 bits per heavy atom. The Hall–Kier alpha value is -2.98. The Balaban J connectivity index is 1.97. The van der Waals surface area contributed by atoms with Gasteiger partial charge in [-0.2, -0.15) is 5.26 Å². The van der Waals surface area contributed by atoms with E-state index in [1.807, 2.05) is 45.9 Å². The molecule has 0 aliphatic heterocycles.